The Hall–Kier alpha value is -4.31. The number of carbonyl (C=O) groups is 1. The number of benzene rings is 3. The maximum Gasteiger partial charge on any atom is 0.159 e. The van der Waals surface area contributed by atoms with Crippen LogP contribution >= 0.6 is 0 Å². The predicted octanol–water partition coefficient (Wildman–Crippen LogP) is 8.17. The molecule has 4 heteroatoms. The van der Waals surface area contributed by atoms with Crippen LogP contribution in [0.2, 0.25) is 0 Å². The number of ether oxygens (including phenoxy) is 3. The molecule has 6 rings (SSSR count). The van der Waals surface area contributed by atoms with Crippen molar-refractivity contribution in [3.8, 4) is 5.75 Å². The zero-order valence-electron chi connectivity index (χ0n) is 23.8. The quantitative estimate of drug-likeness (QED) is 0.206. The molecule has 0 aliphatic heterocycles. The number of methoxy groups -OCH3 is 3. The molecular formula is C36H36O4. The van der Waals surface area contributed by atoms with Gasteiger partial charge in [-0.15, -0.1) is 0 Å². The summed E-state index contributed by atoms with van der Waals surface area (Å²) in [5.74, 6) is 2.79. The third-order valence-electron chi connectivity index (χ3n) is 8.28. The van der Waals surface area contributed by atoms with E-state index in [1.807, 2.05) is 85.0 Å². The lowest BCUT2D eigenvalue weighted by molar-refractivity contribution is -0.133. The summed E-state index contributed by atoms with van der Waals surface area (Å²) < 4.78 is 17.9. The van der Waals surface area contributed by atoms with Crippen LogP contribution in [0.4, 0.5) is 0 Å². The van der Waals surface area contributed by atoms with E-state index in [1.54, 1.807) is 21.3 Å². The summed E-state index contributed by atoms with van der Waals surface area (Å²) in [6, 6.07) is 24.2. The molecule has 0 saturated heterocycles. The van der Waals surface area contributed by atoms with Gasteiger partial charge in [-0.1, -0.05) is 86.7 Å². The van der Waals surface area contributed by atoms with Crippen molar-refractivity contribution in [2.24, 2.45) is 17.3 Å². The highest BCUT2D eigenvalue weighted by atomic mass is 16.5. The second-order valence-electron chi connectivity index (χ2n) is 10.9. The third kappa shape index (κ3) is 5.27. The molecule has 0 N–H and O–H groups in total. The molecule has 4 nitrogen and oxygen atoms in total. The lowest BCUT2D eigenvalue weighted by Crippen LogP contribution is -2.52. The van der Waals surface area contributed by atoms with Crippen molar-refractivity contribution < 1.29 is 19.0 Å². The van der Waals surface area contributed by atoms with Crippen molar-refractivity contribution in [1.29, 1.82) is 0 Å². The van der Waals surface area contributed by atoms with Crippen LogP contribution in [-0.2, 0) is 14.3 Å². The number of rotatable bonds is 9. The van der Waals surface area contributed by atoms with Crippen molar-refractivity contribution in [1.82, 2.24) is 0 Å². The van der Waals surface area contributed by atoms with Gasteiger partial charge in [-0.05, 0) is 70.4 Å². The first-order valence-electron chi connectivity index (χ1n) is 13.6. The van der Waals surface area contributed by atoms with Gasteiger partial charge >= 0.3 is 0 Å². The van der Waals surface area contributed by atoms with Crippen molar-refractivity contribution in [3.05, 3.63) is 118 Å². The molecule has 204 valence electrons. The minimum atomic E-state index is 0.00938. The second kappa shape index (κ2) is 11.4. The summed E-state index contributed by atoms with van der Waals surface area (Å²) in [4.78, 5) is 12.7. The van der Waals surface area contributed by atoms with Gasteiger partial charge in [0.1, 0.15) is 17.3 Å². The second-order valence-corrected chi connectivity index (χ2v) is 10.9. The molecule has 40 heavy (non-hydrogen) atoms. The van der Waals surface area contributed by atoms with Gasteiger partial charge in [0.25, 0.3) is 0 Å². The highest BCUT2D eigenvalue weighted by molar-refractivity contribution is 5.97. The van der Waals surface area contributed by atoms with E-state index in [0.29, 0.717) is 23.2 Å². The molecule has 3 aromatic carbocycles. The molecule has 2 atom stereocenters. The van der Waals surface area contributed by atoms with E-state index in [4.69, 9.17) is 14.2 Å². The van der Waals surface area contributed by atoms with Crippen LogP contribution < -0.4 is 4.74 Å². The Kier molecular flexibility index (Phi) is 7.79. The van der Waals surface area contributed by atoms with E-state index >= 15 is 0 Å². The number of hydrogen-bond acceptors (Lipinski definition) is 4. The molecule has 3 aliphatic rings. The van der Waals surface area contributed by atoms with Crippen LogP contribution in [0.3, 0.4) is 0 Å². The van der Waals surface area contributed by atoms with Gasteiger partial charge in [0.2, 0.25) is 0 Å². The standard InChI is InChI=1S/C36H36O4/c1-36(2)29-23-30(36)31(37)22-27(29)17-16-26-18-28(32(38-3)19-24-12-8-6-9-13-24)35(34(21-26)40-5)33(39-4)20-25-14-10-7-11-15-25/h6-22,29-30H,23H2,1-5H3/t29-,30+/m0/s1. The fourth-order valence-electron chi connectivity index (χ4n) is 5.92. The van der Waals surface area contributed by atoms with Crippen molar-refractivity contribution >= 4 is 35.5 Å². The normalized spacial score (nSPS) is 20.1. The minimum Gasteiger partial charge on any atom is -0.496 e. The molecule has 2 bridgehead atoms. The summed E-state index contributed by atoms with van der Waals surface area (Å²) >= 11 is 0. The first-order valence-corrected chi connectivity index (χ1v) is 13.6. The van der Waals surface area contributed by atoms with Gasteiger partial charge in [-0.25, -0.2) is 0 Å². The van der Waals surface area contributed by atoms with E-state index in [1.165, 1.54) is 0 Å². The molecule has 0 spiro atoms. The summed E-state index contributed by atoms with van der Waals surface area (Å²) in [6.07, 6.45) is 10.9. The van der Waals surface area contributed by atoms with E-state index in [9.17, 15) is 4.79 Å². The molecule has 0 radical (unpaired) electrons. The smallest absolute Gasteiger partial charge is 0.159 e. The zero-order valence-corrected chi connectivity index (χ0v) is 23.8. The highest BCUT2D eigenvalue weighted by Gasteiger charge is 2.54. The molecule has 1 saturated carbocycles. The SMILES string of the molecule is COC(=Cc1ccccc1)c1cc(C=CC2=CC(=O)[C@H]3C[C@@H]2C3(C)C)cc(OC)c1C(=Cc1ccccc1)OC. The van der Waals surface area contributed by atoms with Crippen molar-refractivity contribution in [2.45, 2.75) is 20.3 Å². The lowest BCUT2D eigenvalue weighted by atomic mass is 9.48. The Balaban J connectivity index is 1.65. The Morgan fingerprint density at radius 3 is 1.90 bits per heavy atom. The molecule has 1 fully saturated rings. The third-order valence-corrected chi connectivity index (χ3v) is 8.28. The predicted molar refractivity (Wildman–Crippen MR) is 163 cm³/mol. The zero-order chi connectivity index (χ0) is 28.3. The number of carbonyl (C=O) groups excluding carboxylic acids is 1. The van der Waals surface area contributed by atoms with Crippen LogP contribution in [0.1, 0.15) is 48.1 Å². The first kappa shape index (κ1) is 27.3. The lowest BCUT2D eigenvalue weighted by Gasteiger charge is -2.54. The van der Waals surface area contributed by atoms with E-state index in [0.717, 1.165) is 39.8 Å². The average molecular weight is 533 g/mol. The first-order chi connectivity index (χ1) is 19.3. The van der Waals surface area contributed by atoms with Crippen LogP contribution in [-0.4, -0.2) is 27.1 Å². The molecule has 3 aromatic rings. The van der Waals surface area contributed by atoms with Crippen LogP contribution in [0.5, 0.6) is 5.75 Å². The minimum absolute atomic E-state index is 0.00938. The Bertz CT molecular complexity index is 1510. The topological polar surface area (TPSA) is 44.8 Å². The highest BCUT2D eigenvalue weighted by Crippen LogP contribution is 2.58. The summed E-state index contributed by atoms with van der Waals surface area (Å²) in [6.45, 7) is 4.40. The fourth-order valence-corrected chi connectivity index (χ4v) is 5.92. The van der Waals surface area contributed by atoms with Crippen molar-refractivity contribution in [2.75, 3.05) is 21.3 Å². The van der Waals surface area contributed by atoms with Gasteiger partial charge in [-0.2, -0.15) is 0 Å². The van der Waals surface area contributed by atoms with E-state index in [-0.39, 0.29) is 17.1 Å². The number of ketones is 1. The van der Waals surface area contributed by atoms with E-state index < -0.39 is 0 Å². The maximum atomic E-state index is 12.7. The summed E-state index contributed by atoms with van der Waals surface area (Å²) in [7, 11) is 5.01. The Labute approximate surface area is 237 Å². The van der Waals surface area contributed by atoms with Gasteiger partial charge in [0.15, 0.2) is 5.78 Å². The van der Waals surface area contributed by atoms with Crippen LogP contribution in [0, 0.1) is 17.3 Å². The monoisotopic (exact) mass is 532 g/mol. The summed E-state index contributed by atoms with van der Waals surface area (Å²) in [5.41, 5.74) is 5.71. The molecule has 0 aromatic heterocycles. The van der Waals surface area contributed by atoms with Crippen LogP contribution in [0.25, 0.3) is 29.7 Å². The van der Waals surface area contributed by atoms with Gasteiger partial charge in [-0.3, -0.25) is 4.79 Å². The summed E-state index contributed by atoms with van der Waals surface area (Å²) in [5, 5.41) is 0. The van der Waals surface area contributed by atoms with Crippen LogP contribution in [0.15, 0.2) is 90.5 Å². The Morgan fingerprint density at radius 1 is 0.775 bits per heavy atom. The maximum absolute atomic E-state index is 12.7. The largest absolute Gasteiger partial charge is 0.496 e. The average Bonchev–Trinajstić information content (AvgIpc) is 2.97. The number of allylic oxidation sites excluding steroid dienone is 3. The molecule has 3 aliphatic carbocycles. The van der Waals surface area contributed by atoms with Gasteiger partial charge in [0, 0.05) is 11.5 Å². The molecule has 0 unspecified atom stereocenters. The van der Waals surface area contributed by atoms with Gasteiger partial charge < -0.3 is 14.2 Å². The molecule has 0 amide bonds. The van der Waals surface area contributed by atoms with Crippen molar-refractivity contribution in [3.63, 3.8) is 0 Å². The fraction of sp³-hybridized carbons (Fsp3) is 0.250. The molecule has 0 heterocycles. The Morgan fingerprint density at radius 2 is 1.38 bits per heavy atom. The number of fused-ring (bicyclic) bond motifs is 1. The molecular weight excluding hydrogens is 496 g/mol. The van der Waals surface area contributed by atoms with Gasteiger partial charge in [0.05, 0.1) is 26.9 Å². The number of hydrogen-bond donors (Lipinski definition) is 0. The van der Waals surface area contributed by atoms with E-state index in [2.05, 4.69) is 32.1 Å².